The molecule has 2 rings (SSSR count). The summed E-state index contributed by atoms with van der Waals surface area (Å²) < 4.78 is 12.4. The summed E-state index contributed by atoms with van der Waals surface area (Å²) in [6.07, 6.45) is 2.49. The Morgan fingerprint density at radius 2 is 2.06 bits per heavy atom. The van der Waals surface area contributed by atoms with E-state index in [0.29, 0.717) is 23.1 Å². The van der Waals surface area contributed by atoms with Crippen molar-refractivity contribution in [3.05, 3.63) is 29.3 Å². The van der Waals surface area contributed by atoms with Crippen molar-refractivity contribution in [1.82, 2.24) is 4.90 Å². The Kier molecular flexibility index (Phi) is 6.00. The monoisotopic (exact) mass is 255 g/mol. The van der Waals surface area contributed by atoms with E-state index in [4.69, 9.17) is 0 Å². The highest BCUT2D eigenvalue weighted by atomic mass is 32.2. The first-order valence-corrected chi connectivity index (χ1v) is 7.03. The predicted octanol–water partition coefficient (Wildman–Crippen LogP) is 4.76. The average Bonchev–Trinajstić information content (AvgIpc) is 2.78. The smallest absolute Gasteiger partial charge is 0.0812 e. The molecule has 0 saturated carbocycles. The fourth-order valence-corrected chi connectivity index (χ4v) is 2.71. The molecule has 1 aromatic rings. The quantitative estimate of drug-likeness (QED) is 0.749. The molecule has 17 heavy (non-hydrogen) atoms. The maximum atomic E-state index is 12.4. The number of benzene rings is 1. The van der Waals surface area contributed by atoms with E-state index >= 15 is 0 Å². The summed E-state index contributed by atoms with van der Waals surface area (Å²) >= 11 is 0.321. The maximum absolute atomic E-state index is 12.4. The average molecular weight is 255 g/mol. The number of nitrogens with zero attached hydrogens (tertiary/aromatic N) is 1. The first-order valence-electron chi connectivity index (χ1n) is 6.32. The van der Waals surface area contributed by atoms with Gasteiger partial charge >= 0.3 is 0 Å². The number of halogens is 1. The van der Waals surface area contributed by atoms with Gasteiger partial charge < -0.3 is 0 Å². The summed E-state index contributed by atoms with van der Waals surface area (Å²) in [6, 6.07) is 6.42. The van der Waals surface area contributed by atoms with Crippen LogP contribution in [0.2, 0.25) is 0 Å². The minimum absolute atomic E-state index is 0.321. The van der Waals surface area contributed by atoms with Crippen molar-refractivity contribution in [2.75, 3.05) is 13.6 Å². The summed E-state index contributed by atoms with van der Waals surface area (Å²) in [5.74, 6) is 0. The molecule has 96 valence electrons. The number of rotatable bonds is 2. The summed E-state index contributed by atoms with van der Waals surface area (Å²) in [5.41, 5.74) is 2.56. The zero-order valence-electron chi connectivity index (χ0n) is 11.2. The highest BCUT2D eigenvalue weighted by Gasteiger charge is 2.23. The van der Waals surface area contributed by atoms with Gasteiger partial charge in [-0.2, -0.15) is 3.89 Å². The first-order chi connectivity index (χ1) is 8.22. The second-order valence-corrected chi connectivity index (χ2v) is 4.86. The molecule has 1 aromatic carbocycles. The summed E-state index contributed by atoms with van der Waals surface area (Å²) in [7, 11) is 2.16. The van der Waals surface area contributed by atoms with Crippen molar-refractivity contribution >= 4 is 12.1 Å². The molecule has 1 aliphatic heterocycles. The molecule has 1 heterocycles. The van der Waals surface area contributed by atoms with Gasteiger partial charge in [0.2, 0.25) is 0 Å². The van der Waals surface area contributed by atoms with Crippen LogP contribution >= 0.6 is 12.1 Å². The Bertz CT molecular complexity index is 354. The van der Waals surface area contributed by atoms with E-state index in [1.807, 2.05) is 26.0 Å². The molecule has 0 aliphatic carbocycles. The Hall–Kier alpha value is -0.540. The minimum Gasteiger partial charge on any atom is -0.299 e. The van der Waals surface area contributed by atoms with Crippen molar-refractivity contribution in [2.45, 2.75) is 44.6 Å². The van der Waals surface area contributed by atoms with Crippen molar-refractivity contribution in [3.8, 4) is 0 Å². The summed E-state index contributed by atoms with van der Waals surface area (Å²) in [6.45, 7) is 7.24. The van der Waals surface area contributed by atoms with Crippen molar-refractivity contribution in [1.29, 1.82) is 0 Å². The molecule has 0 radical (unpaired) electrons. The topological polar surface area (TPSA) is 3.24 Å². The molecule has 0 aromatic heterocycles. The van der Waals surface area contributed by atoms with Crippen molar-refractivity contribution in [2.24, 2.45) is 0 Å². The fraction of sp³-hybridized carbons (Fsp3) is 0.571. The van der Waals surface area contributed by atoms with Crippen molar-refractivity contribution in [3.63, 3.8) is 0 Å². The van der Waals surface area contributed by atoms with Crippen LogP contribution in [0.15, 0.2) is 23.1 Å². The van der Waals surface area contributed by atoms with Crippen LogP contribution in [0.5, 0.6) is 0 Å². The van der Waals surface area contributed by atoms with Crippen LogP contribution in [-0.4, -0.2) is 18.5 Å². The molecular weight excluding hydrogens is 233 g/mol. The van der Waals surface area contributed by atoms with Gasteiger partial charge in [-0.05, 0) is 56.6 Å². The van der Waals surface area contributed by atoms with Gasteiger partial charge in [-0.25, -0.2) is 0 Å². The molecule has 1 atom stereocenters. The van der Waals surface area contributed by atoms with Gasteiger partial charge in [-0.1, -0.05) is 19.9 Å². The normalized spacial score (nSPS) is 19.9. The lowest BCUT2D eigenvalue weighted by atomic mass is 10.00. The Labute approximate surface area is 109 Å². The van der Waals surface area contributed by atoms with Gasteiger partial charge in [0, 0.05) is 10.9 Å². The molecule has 1 saturated heterocycles. The molecule has 1 unspecified atom stereocenters. The van der Waals surface area contributed by atoms with Crippen LogP contribution in [0.4, 0.5) is 3.89 Å². The molecule has 1 nitrogen and oxygen atoms in total. The lowest BCUT2D eigenvalue weighted by molar-refractivity contribution is 0.316. The second kappa shape index (κ2) is 7.02. The number of hydrogen-bond acceptors (Lipinski definition) is 2. The lowest BCUT2D eigenvalue weighted by Crippen LogP contribution is -2.18. The second-order valence-electron chi connectivity index (χ2n) is 4.23. The third-order valence-electron chi connectivity index (χ3n) is 3.21. The number of likely N-dealkylation sites (tertiary alicyclic amines) is 1. The molecule has 0 spiro atoms. The highest BCUT2D eigenvalue weighted by Crippen LogP contribution is 2.33. The predicted molar refractivity (Wildman–Crippen MR) is 74.1 cm³/mol. The van der Waals surface area contributed by atoms with Gasteiger partial charge in [0.15, 0.2) is 0 Å². The molecule has 0 amide bonds. The Morgan fingerprint density at radius 1 is 1.35 bits per heavy atom. The van der Waals surface area contributed by atoms with E-state index in [2.05, 4.69) is 24.9 Å². The zero-order valence-corrected chi connectivity index (χ0v) is 12.0. The molecule has 1 aliphatic rings. The number of hydrogen-bond donors (Lipinski definition) is 0. The van der Waals surface area contributed by atoms with Gasteiger partial charge in [0.25, 0.3) is 0 Å². The van der Waals surface area contributed by atoms with E-state index in [-0.39, 0.29) is 0 Å². The van der Waals surface area contributed by atoms with E-state index in [1.54, 1.807) is 0 Å². The summed E-state index contributed by atoms with van der Waals surface area (Å²) in [4.78, 5) is 3.09. The van der Waals surface area contributed by atoms with E-state index in [0.717, 1.165) is 0 Å². The van der Waals surface area contributed by atoms with Gasteiger partial charge in [0.1, 0.15) is 0 Å². The third kappa shape index (κ3) is 3.46. The Morgan fingerprint density at radius 3 is 2.53 bits per heavy atom. The van der Waals surface area contributed by atoms with Crippen LogP contribution in [0.3, 0.4) is 0 Å². The van der Waals surface area contributed by atoms with Crippen molar-refractivity contribution < 1.29 is 3.89 Å². The molecular formula is C14H22FNS. The van der Waals surface area contributed by atoms with E-state index in [9.17, 15) is 3.89 Å². The van der Waals surface area contributed by atoms with E-state index in [1.165, 1.54) is 30.5 Å². The van der Waals surface area contributed by atoms with Crippen LogP contribution in [0, 0.1) is 6.92 Å². The van der Waals surface area contributed by atoms with Crippen LogP contribution < -0.4 is 0 Å². The first kappa shape index (κ1) is 14.5. The van der Waals surface area contributed by atoms with Gasteiger partial charge in [0.05, 0.1) is 12.1 Å². The van der Waals surface area contributed by atoms with Crippen LogP contribution in [0.1, 0.15) is 43.9 Å². The van der Waals surface area contributed by atoms with Gasteiger partial charge in [-0.3, -0.25) is 4.90 Å². The minimum atomic E-state index is 0.321. The Balaban J connectivity index is 0.000000686. The fourth-order valence-electron chi connectivity index (χ4n) is 2.37. The summed E-state index contributed by atoms with van der Waals surface area (Å²) in [5, 5.41) is 0. The largest absolute Gasteiger partial charge is 0.299 e. The number of aryl methyl sites for hydroxylation is 1. The third-order valence-corrected chi connectivity index (χ3v) is 3.64. The standard InChI is InChI=1S/C12H16FNS.C2H6/c1-9-8-10(15-13)5-6-11(9)12-4-3-7-14(12)2;1-2/h5-6,8,12H,3-4,7H2,1-2H3;1-2H3. The van der Waals surface area contributed by atoms with Crippen LogP contribution in [0.25, 0.3) is 0 Å². The SMILES string of the molecule is CC.Cc1cc(SF)ccc1C1CCCN1C. The lowest BCUT2D eigenvalue weighted by Gasteiger charge is -2.21. The molecule has 0 bridgehead atoms. The van der Waals surface area contributed by atoms with Gasteiger partial charge in [-0.15, -0.1) is 0 Å². The zero-order chi connectivity index (χ0) is 12.8. The molecule has 3 heteroatoms. The van der Waals surface area contributed by atoms with Crippen LogP contribution in [-0.2, 0) is 0 Å². The van der Waals surface area contributed by atoms with E-state index < -0.39 is 0 Å². The maximum Gasteiger partial charge on any atom is 0.0812 e. The highest BCUT2D eigenvalue weighted by molar-refractivity contribution is 7.94. The molecule has 1 fully saturated rings. The molecule has 0 N–H and O–H groups in total.